The van der Waals surface area contributed by atoms with E-state index in [-0.39, 0.29) is 0 Å². The average Bonchev–Trinajstić information content (AvgIpc) is 2.72. The van der Waals surface area contributed by atoms with E-state index in [1.54, 1.807) is 23.7 Å². The summed E-state index contributed by atoms with van der Waals surface area (Å²) in [6, 6.07) is 3.94. The first-order chi connectivity index (χ1) is 8.18. The Bertz CT molecular complexity index is 534. The number of hydrogen-bond acceptors (Lipinski definition) is 4. The molecule has 2 heterocycles. The molecule has 3 nitrogen and oxygen atoms in total. The molecule has 0 aliphatic carbocycles. The highest BCUT2D eigenvalue weighted by Crippen LogP contribution is 2.19. The smallest absolute Gasteiger partial charge is 0.106 e. The van der Waals surface area contributed by atoms with Crippen LogP contribution in [0, 0.1) is 6.92 Å². The van der Waals surface area contributed by atoms with Crippen molar-refractivity contribution in [3.05, 3.63) is 45.9 Å². The summed E-state index contributed by atoms with van der Waals surface area (Å²) < 4.78 is 0. The van der Waals surface area contributed by atoms with Crippen molar-refractivity contribution in [1.82, 2.24) is 4.98 Å². The summed E-state index contributed by atoms with van der Waals surface area (Å²) in [5.74, 6) is 0. The van der Waals surface area contributed by atoms with Gasteiger partial charge in [0.05, 0.1) is 11.9 Å². The van der Waals surface area contributed by atoms with Crippen LogP contribution < -0.4 is 11.1 Å². The largest absolute Gasteiger partial charge is 0.389 e. The lowest BCUT2D eigenvalue weighted by Gasteiger charge is -2.09. The molecule has 0 saturated carbocycles. The van der Waals surface area contributed by atoms with Gasteiger partial charge in [0.15, 0.2) is 0 Å². The van der Waals surface area contributed by atoms with Crippen molar-refractivity contribution < 1.29 is 0 Å². The lowest BCUT2D eigenvalue weighted by molar-refractivity contribution is 1.15. The summed E-state index contributed by atoms with van der Waals surface area (Å²) in [4.78, 5) is 5.77. The van der Waals surface area contributed by atoms with Crippen LogP contribution in [0.5, 0.6) is 0 Å². The first-order valence-corrected chi connectivity index (χ1v) is 6.48. The number of aryl methyl sites for hydroxylation is 1. The maximum atomic E-state index is 5.66. The molecular weight excluding hydrogens is 250 g/mol. The second kappa shape index (κ2) is 5.25. The van der Waals surface area contributed by atoms with Crippen LogP contribution in [0.3, 0.4) is 0 Å². The number of aromatic nitrogens is 1. The summed E-state index contributed by atoms with van der Waals surface area (Å²) in [6.07, 6.45) is 3.44. The van der Waals surface area contributed by atoms with Crippen molar-refractivity contribution in [1.29, 1.82) is 0 Å². The van der Waals surface area contributed by atoms with Crippen LogP contribution in [0.25, 0.3) is 0 Å². The van der Waals surface area contributed by atoms with Gasteiger partial charge in [0.1, 0.15) is 4.99 Å². The number of thiocarbonyl (C=S) groups is 1. The Hall–Kier alpha value is -1.46. The zero-order valence-corrected chi connectivity index (χ0v) is 11.1. The Morgan fingerprint density at radius 2 is 2.35 bits per heavy atom. The summed E-state index contributed by atoms with van der Waals surface area (Å²) >= 11 is 6.74. The molecule has 0 aromatic carbocycles. The molecular formula is C12H13N3S2. The van der Waals surface area contributed by atoms with Crippen molar-refractivity contribution in [3.8, 4) is 0 Å². The highest BCUT2D eigenvalue weighted by atomic mass is 32.1. The van der Waals surface area contributed by atoms with Crippen LogP contribution in [0.1, 0.15) is 16.0 Å². The van der Waals surface area contributed by atoms with Crippen LogP contribution in [-0.2, 0) is 6.54 Å². The predicted molar refractivity (Wildman–Crippen MR) is 76.5 cm³/mol. The molecule has 17 heavy (non-hydrogen) atoms. The minimum absolute atomic E-state index is 0.387. The van der Waals surface area contributed by atoms with Gasteiger partial charge >= 0.3 is 0 Å². The Labute approximate surface area is 110 Å². The number of nitrogens with two attached hydrogens (primary N) is 1. The Balaban J connectivity index is 2.14. The SMILES string of the molecule is Cc1ccsc1CNc1cnccc1C(N)=S. The van der Waals surface area contributed by atoms with Gasteiger partial charge in [0.2, 0.25) is 0 Å². The monoisotopic (exact) mass is 263 g/mol. The van der Waals surface area contributed by atoms with Gasteiger partial charge in [-0.2, -0.15) is 0 Å². The van der Waals surface area contributed by atoms with Gasteiger partial charge in [-0.15, -0.1) is 11.3 Å². The quantitative estimate of drug-likeness (QED) is 0.833. The van der Waals surface area contributed by atoms with E-state index in [4.69, 9.17) is 18.0 Å². The molecule has 2 aromatic rings. The van der Waals surface area contributed by atoms with E-state index in [1.165, 1.54) is 10.4 Å². The highest BCUT2D eigenvalue weighted by molar-refractivity contribution is 7.80. The van der Waals surface area contributed by atoms with Crippen LogP contribution >= 0.6 is 23.6 Å². The van der Waals surface area contributed by atoms with Crippen LogP contribution in [-0.4, -0.2) is 9.97 Å². The molecule has 0 saturated heterocycles. The minimum atomic E-state index is 0.387. The third-order valence-electron chi connectivity index (χ3n) is 2.49. The number of pyridine rings is 1. The maximum Gasteiger partial charge on any atom is 0.106 e. The van der Waals surface area contributed by atoms with E-state index >= 15 is 0 Å². The number of anilines is 1. The van der Waals surface area contributed by atoms with Gasteiger partial charge in [-0.05, 0) is 30.0 Å². The van der Waals surface area contributed by atoms with E-state index in [0.717, 1.165) is 17.8 Å². The van der Waals surface area contributed by atoms with E-state index in [1.807, 2.05) is 6.07 Å². The Kier molecular flexibility index (Phi) is 3.71. The van der Waals surface area contributed by atoms with Gasteiger partial charge in [-0.25, -0.2) is 0 Å². The number of nitrogens with zero attached hydrogens (tertiary/aromatic N) is 1. The van der Waals surface area contributed by atoms with Gasteiger partial charge in [0, 0.05) is 23.2 Å². The zero-order valence-electron chi connectivity index (χ0n) is 9.43. The average molecular weight is 263 g/mol. The molecule has 0 spiro atoms. The Morgan fingerprint density at radius 3 is 3.00 bits per heavy atom. The molecule has 5 heteroatoms. The van der Waals surface area contributed by atoms with Gasteiger partial charge in [-0.1, -0.05) is 12.2 Å². The lowest BCUT2D eigenvalue weighted by Crippen LogP contribution is -2.13. The van der Waals surface area contributed by atoms with Crippen LogP contribution in [0.15, 0.2) is 29.9 Å². The number of nitrogens with one attached hydrogen (secondary N) is 1. The molecule has 2 aromatic heterocycles. The van der Waals surface area contributed by atoms with Crippen LogP contribution in [0.4, 0.5) is 5.69 Å². The predicted octanol–water partition coefficient (Wildman–Crippen LogP) is 2.70. The molecule has 3 N–H and O–H groups in total. The molecule has 0 aliphatic rings. The molecule has 0 amide bonds. The van der Waals surface area contributed by atoms with E-state index in [2.05, 4.69) is 28.7 Å². The molecule has 88 valence electrons. The van der Waals surface area contributed by atoms with Gasteiger partial charge in [0.25, 0.3) is 0 Å². The fourth-order valence-electron chi connectivity index (χ4n) is 1.51. The lowest BCUT2D eigenvalue weighted by atomic mass is 10.2. The topological polar surface area (TPSA) is 50.9 Å². The second-order valence-electron chi connectivity index (χ2n) is 3.67. The van der Waals surface area contributed by atoms with Crippen molar-refractivity contribution in [2.45, 2.75) is 13.5 Å². The standard InChI is InChI=1S/C12H13N3S2/c1-8-3-5-17-11(8)7-15-10-6-14-4-2-9(10)12(13)16/h2-6,15H,7H2,1H3,(H2,13,16). The second-order valence-corrected chi connectivity index (χ2v) is 5.11. The molecule has 0 atom stereocenters. The minimum Gasteiger partial charge on any atom is -0.389 e. The molecule has 0 fully saturated rings. The summed E-state index contributed by atoms with van der Waals surface area (Å²) in [5, 5.41) is 5.41. The third kappa shape index (κ3) is 2.81. The van der Waals surface area contributed by atoms with Gasteiger partial charge < -0.3 is 11.1 Å². The maximum absolute atomic E-state index is 5.66. The summed E-state index contributed by atoms with van der Waals surface area (Å²) in [6.45, 7) is 2.87. The highest BCUT2D eigenvalue weighted by Gasteiger charge is 2.05. The zero-order chi connectivity index (χ0) is 12.3. The molecule has 0 aliphatic heterocycles. The fourth-order valence-corrected chi connectivity index (χ4v) is 2.53. The van der Waals surface area contributed by atoms with E-state index < -0.39 is 0 Å². The fraction of sp³-hybridized carbons (Fsp3) is 0.167. The number of hydrogen-bond donors (Lipinski definition) is 2. The van der Waals surface area contributed by atoms with E-state index in [9.17, 15) is 0 Å². The van der Waals surface area contributed by atoms with E-state index in [0.29, 0.717) is 4.99 Å². The molecule has 2 rings (SSSR count). The first-order valence-electron chi connectivity index (χ1n) is 5.19. The third-order valence-corrected chi connectivity index (χ3v) is 3.74. The van der Waals surface area contributed by atoms with Crippen molar-refractivity contribution in [2.24, 2.45) is 5.73 Å². The summed E-state index contributed by atoms with van der Waals surface area (Å²) in [7, 11) is 0. The van der Waals surface area contributed by atoms with Crippen molar-refractivity contribution in [3.63, 3.8) is 0 Å². The Morgan fingerprint density at radius 1 is 1.53 bits per heavy atom. The molecule has 0 radical (unpaired) electrons. The molecule has 0 bridgehead atoms. The molecule has 0 unspecified atom stereocenters. The normalized spacial score (nSPS) is 10.2. The number of thiophene rings is 1. The summed E-state index contributed by atoms with van der Waals surface area (Å²) in [5.41, 5.74) is 8.67. The number of rotatable bonds is 4. The van der Waals surface area contributed by atoms with Gasteiger partial charge in [-0.3, -0.25) is 4.98 Å². The van der Waals surface area contributed by atoms with Crippen molar-refractivity contribution in [2.75, 3.05) is 5.32 Å². The first kappa shape index (κ1) is 12.0. The van der Waals surface area contributed by atoms with Crippen molar-refractivity contribution >= 4 is 34.2 Å². The van der Waals surface area contributed by atoms with Crippen LogP contribution in [0.2, 0.25) is 0 Å².